The monoisotopic (exact) mass is 536 g/mol. The number of fused-ring (bicyclic) bond motifs is 1. The summed E-state index contributed by atoms with van der Waals surface area (Å²) in [6, 6.07) is 14.6. The van der Waals surface area contributed by atoms with E-state index in [0.717, 1.165) is 38.2 Å². The lowest BCUT2D eigenvalue weighted by atomic mass is 9.85. The minimum absolute atomic E-state index is 0. The van der Waals surface area contributed by atoms with Crippen LogP contribution in [0.4, 0.5) is 0 Å². The van der Waals surface area contributed by atoms with Crippen molar-refractivity contribution >= 4 is 40.6 Å². The molecule has 0 radical (unpaired) electrons. The lowest BCUT2D eigenvalue weighted by molar-refractivity contribution is 0.0943. The Morgan fingerprint density at radius 1 is 1.11 bits per heavy atom. The van der Waals surface area contributed by atoms with Crippen LogP contribution in [0.3, 0.4) is 0 Å². The fourth-order valence-electron chi connectivity index (χ4n) is 4.36. The summed E-state index contributed by atoms with van der Waals surface area (Å²) >= 11 is 6.10. The van der Waals surface area contributed by atoms with Gasteiger partial charge in [0.05, 0.1) is 22.1 Å². The minimum atomic E-state index is -0.612. The lowest BCUT2D eigenvalue weighted by Crippen LogP contribution is -2.33. The Labute approximate surface area is 231 Å². The number of hydrogen-bond acceptors (Lipinski definition) is 6. The van der Waals surface area contributed by atoms with Crippen LogP contribution in [0.25, 0.3) is 21.2 Å². The van der Waals surface area contributed by atoms with Crippen molar-refractivity contribution in [1.82, 2.24) is 10.3 Å². The molecule has 1 amide bonds. The number of carbonyl (C=O) groups excluding carboxylic acids is 1. The van der Waals surface area contributed by atoms with Gasteiger partial charge in [0.25, 0.3) is 5.91 Å². The van der Waals surface area contributed by atoms with Gasteiger partial charge in [-0.3, -0.25) is 4.79 Å². The van der Waals surface area contributed by atoms with E-state index >= 15 is 0 Å². The van der Waals surface area contributed by atoms with E-state index in [-0.39, 0.29) is 11.4 Å². The molecule has 0 spiro atoms. The molecule has 7 heteroatoms. The summed E-state index contributed by atoms with van der Waals surface area (Å²) in [6.45, 7) is 9.83. The van der Waals surface area contributed by atoms with Gasteiger partial charge in [-0.15, -0.1) is 24.0 Å². The molecule has 0 aliphatic heterocycles. The lowest BCUT2D eigenvalue weighted by Gasteiger charge is -2.21. The van der Waals surface area contributed by atoms with Gasteiger partial charge in [-0.05, 0) is 63.8 Å². The SMILES string of the molecule is CC(C)(C#N)CNC(=O)c1nc(CC2CCCCC2)c(-c2ccc(S)c3ccccc23)s1.CC(C)(C)N. The second kappa shape index (κ2) is 12.4. The highest BCUT2D eigenvalue weighted by Crippen LogP contribution is 2.39. The minimum Gasteiger partial charge on any atom is -0.348 e. The van der Waals surface area contributed by atoms with Crippen molar-refractivity contribution in [2.45, 2.75) is 83.6 Å². The molecular weight excluding hydrogens is 496 g/mol. The van der Waals surface area contributed by atoms with Gasteiger partial charge in [-0.2, -0.15) is 5.26 Å². The van der Waals surface area contributed by atoms with Gasteiger partial charge in [-0.1, -0.05) is 62.4 Å². The Morgan fingerprint density at radius 3 is 2.35 bits per heavy atom. The number of amides is 1. The van der Waals surface area contributed by atoms with Gasteiger partial charge >= 0.3 is 0 Å². The van der Waals surface area contributed by atoms with Crippen molar-refractivity contribution in [3.63, 3.8) is 0 Å². The van der Waals surface area contributed by atoms with Crippen LogP contribution in [-0.4, -0.2) is 23.0 Å². The van der Waals surface area contributed by atoms with E-state index in [1.54, 1.807) is 0 Å². The number of nitrogens with two attached hydrogens (primary N) is 1. The molecule has 0 bridgehead atoms. The number of nitrogens with one attached hydrogen (secondary N) is 1. The first-order chi connectivity index (χ1) is 17.4. The average molecular weight is 537 g/mol. The Morgan fingerprint density at radius 2 is 1.73 bits per heavy atom. The van der Waals surface area contributed by atoms with E-state index < -0.39 is 5.41 Å². The number of aromatic nitrogens is 1. The van der Waals surface area contributed by atoms with Crippen LogP contribution in [-0.2, 0) is 6.42 Å². The Balaban J connectivity index is 0.000000695. The Kier molecular flexibility index (Phi) is 9.80. The second-order valence-electron chi connectivity index (χ2n) is 11.7. The molecule has 3 aromatic rings. The van der Waals surface area contributed by atoms with Crippen LogP contribution < -0.4 is 11.1 Å². The molecule has 1 aliphatic carbocycles. The third-order valence-corrected chi connectivity index (χ3v) is 7.76. The molecular formula is C30H40N4OS2. The molecule has 198 valence electrons. The van der Waals surface area contributed by atoms with E-state index in [2.05, 4.69) is 42.2 Å². The average Bonchev–Trinajstić information content (AvgIpc) is 3.26. The molecule has 1 fully saturated rings. The first-order valence-electron chi connectivity index (χ1n) is 13.1. The summed E-state index contributed by atoms with van der Waals surface area (Å²) < 4.78 is 0. The highest BCUT2D eigenvalue weighted by molar-refractivity contribution is 7.80. The number of benzene rings is 2. The smallest absolute Gasteiger partial charge is 0.280 e. The van der Waals surface area contributed by atoms with Gasteiger partial charge < -0.3 is 11.1 Å². The van der Waals surface area contributed by atoms with Crippen molar-refractivity contribution in [3.8, 4) is 16.5 Å². The Hall–Kier alpha value is -2.40. The third kappa shape index (κ3) is 8.56. The molecule has 0 unspecified atom stereocenters. The molecule has 1 heterocycles. The largest absolute Gasteiger partial charge is 0.348 e. The maximum atomic E-state index is 12.9. The Bertz CT molecular complexity index is 1250. The number of nitrogens with zero attached hydrogens (tertiary/aromatic N) is 2. The fraction of sp³-hybridized carbons (Fsp3) is 0.500. The van der Waals surface area contributed by atoms with Crippen LogP contribution >= 0.6 is 24.0 Å². The van der Waals surface area contributed by atoms with E-state index in [4.69, 9.17) is 10.7 Å². The molecule has 37 heavy (non-hydrogen) atoms. The van der Waals surface area contributed by atoms with Gasteiger partial charge in [0.15, 0.2) is 5.01 Å². The van der Waals surface area contributed by atoms with E-state index in [0.29, 0.717) is 17.5 Å². The summed E-state index contributed by atoms with van der Waals surface area (Å²) in [5.41, 5.74) is 6.87. The van der Waals surface area contributed by atoms with Crippen molar-refractivity contribution in [2.24, 2.45) is 17.1 Å². The van der Waals surface area contributed by atoms with Gasteiger partial charge in [0.1, 0.15) is 0 Å². The number of thiol groups is 1. The summed E-state index contributed by atoms with van der Waals surface area (Å²) in [6.07, 6.45) is 7.23. The summed E-state index contributed by atoms with van der Waals surface area (Å²) in [7, 11) is 0. The number of thiazole rings is 1. The van der Waals surface area contributed by atoms with Gasteiger partial charge in [0.2, 0.25) is 0 Å². The maximum Gasteiger partial charge on any atom is 0.280 e. The first-order valence-corrected chi connectivity index (χ1v) is 14.3. The number of hydrogen-bond donors (Lipinski definition) is 3. The van der Waals surface area contributed by atoms with Crippen LogP contribution in [0.2, 0.25) is 0 Å². The molecule has 0 atom stereocenters. The molecule has 3 N–H and O–H groups in total. The van der Waals surface area contributed by atoms with E-state index in [9.17, 15) is 10.1 Å². The molecule has 1 saturated carbocycles. The van der Waals surface area contributed by atoms with Crippen molar-refractivity contribution < 1.29 is 4.79 Å². The fourth-order valence-corrected chi connectivity index (χ4v) is 5.68. The quantitative estimate of drug-likeness (QED) is 0.286. The van der Waals surface area contributed by atoms with Crippen molar-refractivity contribution in [2.75, 3.05) is 6.54 Å². The predicted molar refractivity (Wildman–Crippen MR) is 158 cm³/mol. The normalized spacial score (nSPS) is 14.5. The third-order valence-electron chi connectivity index (χ3n) is 6.24. The van der Waals surface area contributed by atoms with Gasteiger partial charge in [0, 0.05) is 22.5 Å². The van der Waals surface area contributed by atoms with E-state index in [1.807, 2.05) is 52.8 Å². The topological polar surface area (TPSA) is 91.8 Å². The van der Waals surface area contributed by atoms with Crippen LogP contribution in [0.15, 0.2) is 41.3 Å². The molecule has 1 aromatic heterocycles. The molecule has 0 saturated heterocycles. The van der Waals surface area contributed by atoms with Crippen molar-refractivity contribution in [3.05, 3.63) is 47.1 Å². The second-order valence-corrected chi connectivity index (χ2v) is 13.2. The molecule has 2 aromatic carbocycles. The standard InChI is InChI=1S/C26H29N3OS2.C4H11N/c1-26(2,15-27)16-28-24(30)25-29-21(14-17-8-4-3-5-9-17)23(32-25)20-12-13-22(31)19-11-7-6-10-18(19)20;1-4(2,3)5/h6-7,10-13,17,31H,3-5,8-9,14,16H2,1-2H3,(H,28,30);5H2,1-3H3. The maximum absolute atomic E-state index is 12.9. The first kappa shape index (κ1) is 29.2. The number of rotatable bonds is 6. The summed E-state index contributed by atoms with van der Waals surface area (Å²) in [5, 5.41) is 14.9. The zero-order valence-electron chi connectivity index (χ0n) is 22.7. The zero-order valence-corrected chi connectivity index (χ0v) is 24.4. The molecule has 1 aliphatic rings. The highest BCUT2D eigenvalue weighted by Gasteiger charge is 2.25. The van der Waals surface area contributed by atoms with Crippen LogP contribution in [0, 0.1) is 22.7 Å². The summed E-state index contributed by atoms with van der Waals surface area (Å²) in [4.78, 5) is 19.8. The van der Waals surface area contributed by atoms with Gasteiger partial charge in [-0.25, -0.2) is 4.98 Å². The number of carbonyl (C=O) groups is 1. The van der Waals surface area contributed by atoms with Crippen LogP contribution in [0.1, 0.15) is 82.2 Å². The van der Waals surface area contributed by atoms with Crippen molar-refractivity contribution in [1.29, 1.82) is 5.26 Å². The molecule has 5 nitrogen and oxygen atoms in total. The predicted octanol–water partition coefficient (Wildman–Crippen LogP) is 7.40. The zero-order chi connectivity index (χ0) is 27.2. The molecule has 4 rings (SSSR count). The highest BCUT2D eigenvalue weighted by atomic mass is 32.1. The number of nitriles is 1. The summed E-state index contributed by atoms with van der Waals surface area (Å²) in [5.74, 6) is 0.415. The van der Waals surface area contributed by atoms with E-state index in [1.165, 1.54) is 43.4 Å². The van der Waals surface area contributed by atoms with Crippen LogP contribution in [0.5, 0.6) is 0 Å².